The number of primary amides is 1. The molecule has 0 spiro atoms. The predicted octanol–water partition coefficient (Wildman–Crippen LogP) is 3.78. The van der Waals surface area contributed by atoms with Gasteiger partial charge in [0.1, 0.15) is 5.00 Å². The summed E-state index contributed by atoms with van der Waals surface area (Å²) in [5, 5.41) is 6.23. The molecule has 10 nitrogen and oxygen atoms in total. The summed E-state index contributed by atoms with van der Waals surface area (Å²) >= 11 is 7.07. The Bertz CT molecular complexity index is 1540. The molecule has 2 aromatic heterocycles. The largest absolute Gasteiger partial charge is 0.417 e. The van der Waals surface area contributed by atoms with Gasteiger partial charge in [-0.25, -0.2) is 9.59 Å². The van der Waals surface area contributed by atoms with Gasteiger partial charge >= 0.3 is 11.8 Å². The van der Waals surface area contributed by atoms with E-state index in [1.807, 2.05) is 0 Å². The van der Waals surface area contributed by atoms with Crippen LogP contribution in [0.2, 0.25) is 5.02 Å². The highest BCUT2D eigenvalue weighted by molar-refractivity contribution is 7.17. The molecule has 0 saturated heterocycles. The molecule has 4 amide bonds. The highest BCUT2D eigenvalue weighted by Crippen LogP contribution is 2.37. The van der Waals surface area contributed by atoms with E-state index >= 15 is 0 Å². The third-order valence-electron chi connectivity index (χ3n) is 5.59. The summed E-state index contributed by atoms with van der Waals surface area (Å²) in [6.07, 6.45) is 0.401. The molecule has 0 aliphatic carbocycles. The fraction of sp³-hybridized carbons (Fsp3) is 0.130. The van der Waals surface area contributed by atoms with Crippen molar-refractivity contribution in [3.63, 3.8) is 0 Å². The third-order valence-corrected chi connectivity index (χ3v) is 6.97. The third kappa shape index (κ3) is 4.51. The molecule has 2 aromatic carbocycles. The van der Waals surface area contributed by atoms with Gasteiger partial charge in [0.15, 0.2) is 5.58 Å². The number of nitrogens with two attached hydrogens (primary N) is 1. The monoisotopic (exact) mass is 511 g/mol. The number of anilines is 2. The molecule has 178 valence electrons. The summed E-state index contributed by atoms with van der Waals surface area (Å²) in [5.74, 6) is -1.49. The van der Waals surface area contributed by atoms with Crippen LogP contribution in [0.25, 0.3) is 11.1 Å². The number of benzene rings is 2. The minimum absolute atomic E-state index is 0.245. The number of amides is 4. The van der Waals surface area contributed by atoms with E-state index in [9.17, 15) is 19.2 Å². The number of oxazole rings is 1. The number of thiophene rings is 1. The zero-order chi connectivity index (χ0) is 24.7. The Morgan fingerprint density at radius 3 is 2.63 bits per heavy atom. The van der Waals surface area contributed by atoms with E-state index in [0.29, 0.717) is 45.3 Å². The summed E-state index contributed by atoms with van der Waals surface area (Å²) in [4.78, 5) is 54.2. The molecule has 12 heteroatoms. The first-order valence-corrected chi connectivity index (χ1v) is 11.7. The first kappa shape index (κ1) is 22.7. The topological polar surface area (TPSA) is 151 Å². The van der Waals surface area contributed by atoms with Gasteiger partial charge in [-0.15, -0.1) is 11.3 Å². The highest BCUT2D eigenvalue weighted by atomic mass is 35.5. The summed E-state index contributed by atoms with van der Waals surface area (Å²) in [5.41, 5.74) is 8.30. The van der Waals surface area contributed by atoms with Crippen LogP contribution in [0.4, 0.5) is 15.5 Å². The van der Waals surface area contributed by atoms with Gasteiger partial charge < -0.3 is 20.4 Å². The minimum atomic E-state index is -0.656. The van der Waals surface area contributed by atoms with Crippen molar-refractivity contribution in [2.24, 2.45) is 5.73 Å². The Morgan fingerprint density at radius 1 is 1.11 bits per heavy atom. The Morgan fingerprint density at radius 2 is 1.89 bits per heavy atom. The van der Waals surface area contributed by atoms with Crippen molar-refractivity contribution in [1.82, 2.24) is 9.88 Å². The maximum atomic E-state index is 13.1. The smallest absolute Gasteiger partial charge is 0.408 e. The van der Waals surface area contributed by atoms with Gasteiger partial charge in [-0.2, -0.15) is 0 Å². The Hall–Kier alpha value is -4.09. The standard InChI is InChI=1S/C23H18ClN5O5S/c24-12-2-4-13(5-3-12)26-22(32)28-20-18(19(25)30)14-7-8-29(10-17(14)35-20)21(31)11-1-6-15-16(9-11)34-23(33)27-15/h1-6,9H,7-8,10H2,(H2,25,30)(H,27,33)(H2,26,28,32). The van der Waals surface area contributed by atoms with Crippen LogP contribution in [-0.2, 0) is 13.0 Å². The number of hydrogen-bond donors (Lipinski definition) is 4. The van der Waals surface area contributed by atoms with Crippen molar-refractivity contribution in [2.75, 3.05) is 17.2 Å². The van der Waals surface area contributed by atoms with Crippen molar-refractivity contribution in [3.05, 3.63) is 79.6 Å². The zero-order valence-electron chi connectivity index (χ0n) is 18.0. The van der Waals surface area contributed by atoms with Crippen LogP contribution >= 0.6 is 22.9 Å². The summed E-state index contributed by atoms with van der Waals surface area (Å²) < 4.78 is 5.05. The lowest BCUT2D eigenvalue weighted by molar-refractivity contribution is 0.0737. The Labute approximate surface area is 206 Å². The lowest BCUT2D eigenvalue weighted by Gasteiger charge is -2.27. The molecular weight excluding hydrogens is 494 g/mol. The van der Waals surface area contributed by atoms with Crippen LogP contribution < -0.4 is 22.1 Å². The molecule has 1 aliphatic heterocycles. The first-order valence-electron chi connectivity index (χ1n) is 10.5. The quantitative estimate of drug-likeness (QED) is 0.329. The number of carbonyl (C=O) groups excluding carboxylic acids is 3. The van der Waals surface area contributed by atoms with Crippen LogP contribution in [0.5, 0.6) is 0 Å². The fourth-order valence-electron chi connectivity index (χ4n) is 3.99. The van der Waals surface area contributed by atoms with Crippen molar-refractivity contribution in [3.8, 4) is 0 Å². The number of H-pyrrole nitrogens is 1. The number of fused-ring (bicyclic) bond motifs is 2. The summed E-state index contributed by atoms with van der Waals surface area (Å²) in [7, 11) is 0. The van der Waals surface area contributed by atoms with E-state index in [2.05, 4.69) is 15.6 Å². The Kier molecular flexibility index (Phi) is 5.79. The first-order chi connectivity index (χ1) is 16.8. The molecule has 0 radical (unpaired) electrons. The maximum absolute atomic E-state index is 13.1. The van der Waals surface area contributed by atoms with Gasteiger partial charge in [-0.05, 0) is 54.4 Å². The van der Waals surface area contributed by atoms with E-state index in [1.54, 1.807) is 41.3 Å². The number of hydrogen-bond acceptors (Lipinski definition) is 6. The lowest BCUT2D eigenvalue weighted by atomic mass is 10.0. The number of nitrogens with zero attached hydrogens (tertiary/aromatic N) is 1. The number of carbonyl (C=O) groups is 3. The van der Waals surface area contributed by atoms with Crippen molar-refractivity contribution in [1.29, 1.82) is 0 Å². The van der Waals surface area contributed by atoms with Gasteiger partial charge in [0, 0.05) is 27.7 Å². The van der Waals surface area contributed by atoms with E-state index in [-0.39, 0.29) is 18.0 Å². The van der Waals surface area contributed by atoms with Gasteiger partial charge in [0.25, 0.3) is 11.8 Å². The van der Waals surface area contributed by atoms with Crippen LogP contribution in [0, 0.1) is 0 Å². The van der Waals surface area contributed by atoms with E-state index in [1.165, 1.54) is 17.4 Å². The van der Waals surface area contributed by atoms with Gasteiger partial charge in [0.2, 0.25) is 0 Å². The molecule has 0 saturated carbocycles. The second-order valence-electron chi connectivity index (χ2n) is 7.86. The maximum Gasteiger partial charge on any atom is 0.417 e. The zero-order valence-corrected chi connectivity index (χ0v) is 19.6. The number of halogens is 1. The summed E-state index contributed by atoms with van der Waals surface area (Å²) in [6, 6.07) is 10.8. The van der Waals surface area contributed by atoms with Gasteiger partial charge in [-0.3, -0.25) is 19.9 Å². The molecule has 0 fully saturated rings. The van der Waals surface area contributed by atoms with Crippen LogP contribution in [0.1, 0.15) is 31.2 Å². The SMILES string of the molecule is NC(=O)c1c(NC(=O)Nc2ccc(Cl)cc2)sc2c1CCN(C(=O)c1ccc3[nH]c(=O)oc3c1)C2. The number of nitrogens with one attached hydrogen (secondary N) is 3. The van der Waals surface area contributed by atoms with Crippen LogP contribution in [-0.4, -0.2) is 34.3 Å². The average molecular weight is 512 g/mol. The predicted molar refractivity (Wildman–Crippen MR) is 132 cm³/mol. The van der Waals surface area contributed by atoms with E-state index in [0.717, 1.165) is 10.4 Å². The molecule has 1 aliphatic rings. The van der Waals surface area contributed by atoms with E-state index < -0.39 is 17.7 Å². The molecule has 35 heavy (non-hydrogen) atoms. The summed E-state index contributed by atoms with van der Waals surface area (Å²) in [6.45, 7) is 0.600. The van der Waals surface area contributed by atoms with Crippen molar-refractivity contribution in [2.45, 2.75) is 13.0 Å². The van der Waals surface area contributed by atoms with Gasteiger partial charge in [0.05, 0.1) is 17.6 Å². The van der Waals surface area contributed by atoms with Gasteiger partial charge in [-0.1, -0.05) is 11.6 Å². The molecular formula is C23H18ClN5O5S. The minimum Gasteiger partial charge on any atom is -0.408 e. The highest BCUT2D eigenvalue weighted by Gasteiger charge is 2.30. The molecule has 0 bridgehead atoms. The average Bonchev–Trinajstić information content (AvgIpc) is 3.37. The molecule has 4 aromatic rings. The molecule has 0 atom stereocenters. The number of urea groups is 1. The second kappa shape index (κ2) is 8.93. The number of aromatic nitrogens is 1. The van der Waals surface area contributed by atoms with E-state index in [4.69, 9.17) is 21.8 Å². The molecule has 5 N–H and O–H groups in total. The van der Waals surface area contributed by atoms with Crippen LogP contribution in [0.15, 0.2) is 51.7 Å². The molecule has 0 unspecified atom stereocenters. The Balaban J connectivity index is 1.36. The molecule has 3 heterocycles. The number of aromatic amines is 1. The normalized spacial score (nSPS) is 12.9. The molecule has 5 rings (SSSR count). The second-order valence-corrected chi connectivity index (χ2v) is 9.40. The van der Waals surface area contributed by atoms with Crippen LogP contribution in [0.3, 0.4) is 0 Å². The number of rotatable bonds is 4. The van der Waals surface area contributed by atoms with Crippen molar-refractivity contribution < 1.29 is 18.8 Å². The van der Waals surface area contributed by atoms with Crippen molar-refractivity contribution >= 4 is 62.6 Å². The fourth-order valence-corrected chi connectivity index (χ4v) is 5.37. The lowest BCUT2D eigenvalue weighted by Crippen LogP contribution is -2.35.